The molecule has 2 aromatic rings. The zero-order chi connectivity index (χ0) is 18.1. The third kappa shape index (κ3) is 6.59. The number of carbonyl (C=O) groups excluding carboxylic acids is 1. The number of nitrogens with zero attached hydrogens (tertiary/aromatic N) is 1. The van der Waals surface area contributed by atoms with E-state index in [0.29, 0.717) is 26.0 Å². The highest BCUT2D eigenvalue weighted by Gasteiger charge is 2.14. The summed E-state index contributed by atoms with van der Waals surface area (Å²) in [7, 11) is 4.05. The van der Waals surface area contributed by atoms with Gasteiger partial charge in [-0.3, -0.25) is 4.79 Å². The minimum absolute atomic E-state index is 0.0654. The van der Waals surface area contributed by atoms with Crippen LogP contribution in [0.2, 0.25) is 0 Å². The Morgan fingerprint density at radius 3 is 2.56 bits per heavy atom. The molecule has 0 spiro atoms. The molecule has 1 N–H and O–H groups in total. The molecule has 0 saturated carbocycles. The fourth-order valence-corrected chi connectivity index (χ4v) is 2.70. The van der Waals surface area contributed by atoms with E-state index in [1.54, 1.807) is 0 Å². The molecule has 0 aromatic heterocycles. The molecule has 0 saturated heterocycles. The summed E-state index contributed by atoms with van der Waals surface area (Å²) in [5, 5.41) is 3.03. The van der Waals surface area contributed by atoms with Crippen molar-refractivity contribution in [2.24, 2.45) is 0 Å². The van der Waals surface area contributed by atoms with Crippen molar-refractivity contribution < 1.29 is 9.53 Å². The molecule has 134 valence electrons. The average Bonchev–Trinajstić information content (AvgIpc) is 2.60. The maximum Gasteiger partial charge on any atom is 0.220 e. The Kier molecular flexibility index (Phi) is 7.48. The lowest BCUT2D eigenvalue weighted by Gasteiger charge is -2.25. The maximum atomic E-state index is 12.1. The number of rotatable bonds is 9. The molecule has 0 aliphatic rings. The Labute approximate surface area is 150 Å². The molecular weight excluding hydrogens is 312 g/mol. The maximum absolute atomic E-state index is 12.1. The largest absolute Gasteiger partial charge is 0.494 e. The van der Waals surface area contributed by atoms with Crippen molar-refractivity contribution in [3.63, 3.8) is 0 Å². The molecule has 0 bridgehead atoms. The highest BCUT2D eigenvalue weighted by atomic mass is 16.5. The fourth-order valence-electron chi connectivity index (χ4n) is 2.70. The van der Waals surface area contributed by atoms with Crippen molar-refractivity contribution >= 4 is 5.91 Å². The summed E-state index contributed by atoms with van der Waals surface area (Å²) in [6.07, 6.45) is 1.18. The fraction of sp³-hybridized carbons (Fsp3) is 0.381. The van der Waals surface area contributed by atoms with Gasteiger partial charge in [0.1, 0.15) is 5.75 Å². The average molecular weight is 340 g/mol. The number of carbonyl (C=O) groups is 1. The minimum Gasteiger partial charge on any atom is -0.494 e. The van der Waals surface area contributed by atoms with Gasteiger partial charge in [-0.2, -0.15) is 0 Å². The van der Waals surface area contributed by atoms with Gasteiger partial charge in [0.2, 0.25) is 5.91 Å². The van der Waals surface area contributed by atoms with Crippen LogP contribution in [0.5, 0.6) is 5.75 Å². The van der Waals surface area contributed by atoms with Crippen LogP contribution in [-0.4, -0.2) is 38.1 Å². The van der Waals surface area contributed by atoms with Crippen LogP contribution in [-0.2, 0) is 4.79 Å². The van der Waals surface area contributed by atoms with E-state index in [1.807, 2.05) is 63.5 Å². The third-order valence-corrected chi connectivity index (χ3v) is 4.11. The zero-order valence-electron chi connectivity index (χ0n) is 15.4. The van der Waals surface area contributed by atoms with Crippen molar-refractivity contribution in [2.75, 3.05) is 27.2 Å². The Bertz CT molecular complexity index is 656. The number of benzene rings is 2. The van der Waals surface area contributed by atoms with Crippen molar-refractivity contribution in [2.45, 2.75) is 25.8 Å². The van der Waals surface area contributed by atoms with Gasteiger partial charge in [-0.05, 0) is 50.7 Å². The molecule has 0 radical (unpaired) electrons. The lowest BCUT2D eigenvalue weighted by molar-refractivity contribution is -0.121. The molecular formula is C21H28N2O2. The first-order valence-electron chi connectivity index (χ1n) is 8.74. The molecule has 1 amide bonds. The van der Waals surface area contributed by atoms with Crippen LogP contribution in [0.3, 0.4) is 0 Å². The van der Waals surface area contributed by atoms with Gasteiger partial charge < -0.3 is 15.0 Å². The number of hydrogen-bond acceptors (Lipinski definition) is 3. The van der Waals surface area contributed by atoms with E-state index in [-0.39, 0.29) is 11.9 Å². The van der Waals surface area contributed by atoms with Gasteiger partial charge in [0.25, 0.3) is 0 Å². The van der Waals surface area contributed by atoms with Crippen LogP contribution in [0, 0.1) is 6.92 Å². The first-order valence-corrected chi connectivity index (χ1v) is 8.74. The molecule has 0 fully saturated rings. The van der Waals surface area contributed by atoms with Crippen molar-refractivity contribution in [1.82, 2.24) is 10.2 Å². The smallest absolute Gasteiger partial charge is 0.220 e. The van der Waals surface area contributed by atoms with Crippen LogP contribution in [0.15, 0.2) is 54.6 Å². The van der Waals surface area contributed by atoms with E-state index >= 15 is 0 Å². The summed E-state index contributed by atoms with van der Waals surface area (Å²) in [5.41, 5.74) is 2.38. The summed E-state index contributed by atoms with van der Waals surface area (Å²) in [6.45, 7) is 3.19. The molecule has 0 heterocycles. The van der Waals surface area contributed by atoms with Gasteiger partial charge in [-0.15, -0.1) is 0 Å². The van der Waals surface area contributed by atoms with Gasteiger partial charge in [-0.1, -0.05) is 42.5 Å². The van der Waals surface area contributed by atoms with Crippen molar-refractivity contribution in [3.8, 4) is 5.75 Å². The topological polar surface area (TPSA) is 41.6 Å². The van der Waals surface area contributed by atoms with Gasteiger partial charge in [-0.25, -0.2) is 0 Å². The second kappa shape index (κ2) is 9.84. The van der Waals surface area contributed by atoms with E-state index in [4.69, 9.17) is 4.74 Å². The lowest BCUT2D eigenvalue weighted by atomic mass is 10.1. The molecule has 4 nitrogen and oxygen atoms in total. The number of amides is 1. The summed E-state index contributed by atoms with van der Waals surface area (Å²) >= 11 is 0. The van der Waals surface area contributed by atoms with Crippen LogP contribution in [0.25, 0.3) is 0 Å². The number of aryl methyl sites for hydroxylation is 1. The zero-order valence-corrected chi connectivity index (χ0v) is 15.4. The highest BCUT2D eigenvalue weighted by molar-refractivity contribution is 5.75. The van der Waals surface area contributed by atoms with Crippen LogP contribution in [0.1, 0.15) is 30.0 Å². The number of likely N-dealkylation sites (N-methyl/N-ethyl adjacent to an activating group) is 1. The number of ether oxygens (including phenoxy) is 1. The highest BCUT2D eigenvalue weighted by Crippen LogP contribution is 2.17. The van der Waals surface area contributed by atoms with Crippen molar-refractivity contribution in [1.29, 1.82) is 0 Å². The van der Waals surface area contributed by atoms with Gasteiger partial charge in [0.15, 0.2) is 0 Å². The van der Waals surface area contributed by atoms with E-state index in [0.717, 1.165) is 5.75 Å². The third-order valence-electron chi connectivity index (χ3n) is 4.11. The Morgan fingerprint density at radius 1 is 1.12 bits per heavy atom. The SMILES string of the molecule is Cc1cccc(OCCCC(=O)NC[C@@H](c2ccccc2)N(C)C)c1. The molecule has 1 atom stereocenters. The summed E-state index contributed by atoms with van der Waals surface area (Å²) in [6, 6.07) is 18.4. The molecule has 0 aliphatic carbocycles. The van der Waals surface area contributed by atoms with E-state index in [1.165, 1.54) is 11.1 Å². The van der Waals surface area contributed by atoms with Crippen molar-refractivity contribution in [3.05, 3.63) is 65.7 Å². The standard InChI is InChI=1S/C21H28N2O2/c1-17-9-7-12-19(15-17)25-14-8-13-21(24)22-16-20(23(2)3)18-10-5-4-6-11-18/h4-7,9-12,15,20H,8,13-14,16H2,1-3H3,(H,22,24)/t20-/m0/s1. The Hall–Kier alpha value is -2.33. The first kappa shape index (κ1) is 19.0. The quantitative estimate of drug-likeness (QED) is 0.710. The van der Waals surface area contributed by atoms with Crippen LogP contribution >= 0.6 is 0 Å². The first-order chi connectivity index (χ1) is 12.1. The van der Waals surface area contributed by atoms with E-state index in [9.17, 15) is 4.79 Å². The Morgan fingerprint density at radius 2 is 1.88 bits per heavy atom. The van der Waals surface area contributed by atoms with Crippen LogP contribution < -0.4 is 10.1 Å². The normalized spacial score (nSPS) is 12.0. The molecule has 4 heteroatoms. The summed E-state index contributed by atoms with van der Waals surface area (Å²) < 4.78 is 5.68. The van der Waals surface area contributed by atoms with E-state index < -0.39 is 0 Å². The lowest BCUT2D eigenvalue weighted by Crippen LogP contribution is -2.34. The summed E-state index contributed by atoms with van der Waals surface area (Å²) in [4.78, 5) is 14.2. The Balaban J connectivity index is 1.70. The molecule has 0 unspecified atom stereocenters. The molecule has 0 aliphatic heterocycles. The van der Waals surface area contributed by atoms with E-state index in [2.05, 4.69) is 22.3 Å². The van der Waals surface area contributed by atoms with Gasteiger partial charge in [0, 0.05) is 13.0 Å². The molecule has 25 heavy (non-hydrogen) atoms. The molecule has 2 aromatic carbocycles. The second-order valence-corrected chi connectivity index (χ2v) is 6.46. The van der Waals surface area contributed by atoms with Gasteiger partial charge >= 0.3 is 0 Å². The van der Waals surface area contributed by atoms with Gasteiger partial charge in [0.05, 0.1) is 12.6 Å². The predicted octanol–water partition coefficient (Wildman–Crippen LogP) is 3.57. The van der Waals surface area contributed by atoms with Crippen LogP contribution in [0.4, 0.5) is 0 Å². The molecule has 2 rings (SSSR count). The summed E-state index contributed by atoms with van der Waals surface area (Å²) in [5.74, 6) is 0.924. The number of nitrogens with one attached hydrogen (secondary N) is 1. The number of hydrogen-bond donors (Lipinski definition) is 1. The minimum atomic E-state index is 0.0654. The monoisotopic (exact) mass is 340 g/mol. The predicted molar refractivity (Wildman–Crippen MR) is 102 cm³/mol. The second-order valence-electron chi connectivity index (χ2n) is 6.46.